The monoisotopic (exact) mass is 485 g/mol. The Bertz CT molecular complexity index is 1040. The molecule has 2 aliphatic rings. The van der Waals surface area contributed by atoms with Crippen molar-refractivity contribution in [1.82, 2.24) is 19.4 Å². The number of alkyl halides is 1. The van der Waals surface area contributed by atoms with E-state index in [1.54, 1.807) is 0 Å². The second kappa shape index (κ2) is 11.3. The van der Waals surface area contributed by atoms with E-state index in [4.69, 9.17) is 0 Å². The third-order valence-electron chi connectivity index (χ3n) is 7.19. The number of rotatable bonds is 9. The SMILES string of the molecule is C[C@H](CC(=O)N1CCC(O)(Cn2cnc(NCCN3CC[C@@H](F)C3)cc2=O)CC1)c1ccccc1. The molecule has 9 heteroatoms. The van der Waals surface area contributed by atoms with Gasteiger partial charge in [0, 0.05) is 51.8 Å². The summed E-state index contributed by atoms with van der Waals surface area (Å²) in [4.78, 5) is 33.5. The van der Waals surface area contributed by atoms with E-state index in [-0.39, 0.29) is 23.9 Å². The number of nitrogens with zero attached hydrogens (tertiary/aromatic N) is 4. The summed E-state index contributed by atoms with van der Waals surface area (Å²) in [6.45, 7) is 5.63. The van der Waals surface area contributed by atoms with Crippen molar-refractivity contribution in [3.63, 3.8) is 0 Å². The number of halogens is 1. The van der Waals surface area contributed by atoms with Gasteiger partial charge in [0.1, 0.15) is 12.0 Å². The van der Waals surface area contributed by atoms with Crippen LogP contribution in [0.5, 0.6) is 0 Å². The molecule has 2 saturated heterocycles. The lowest BCUT2D eigenvalue weighted by molar-refractivity contribution is -0.136. The molecule has 2 atom stereocenters. The Morgan fingerprint density at radius 3 is 2.66 bits per heavy atom. The van der Waals surface area contributed by atoms with E-state index in [1.807, 2.05) is 40.1 Å². The first-order valence-electron chi connectivity index (χ1n) is 12.5. The van der Waals surface area contributed by atoms with Gasteiger partial charge in [-0.2, -0.15) is 0 Å². The zero-order valence-corrected chi connectivity index (χ0v) is 20.4. The van der Waals surface area contributed by atoms with Crippen molar-refractivity contribution in [2.75, 3.05) is 44.6 Å². The van der Waals surface area contributed by atoms with E-state index in [0.717, 1.165) is 12.1 Å². The van der Waals surface area contributed by atoms with E-state index < -0.39 is 11.8 Å². The average Bonchev–Trinajstić information content (AvgIpc) is 3.26. The highest BCUT2D eigenvalue weighted by molar-refractivity contribution is 5.77. The number of amides is 1. The molecule has 2 N–H and O–H groups in total. The van der Waals surface area contributed by atoms with Crippen molar-refractivity contribution < 1.29 is 14.3 Å². The Kier molecular flexibility index (Phi) is 8.18. The van der Waals surface area contributed by atoms with Crippen molar-refractivity contribution in [3.05, 3.63) is 58.6 Å². The number of aromatic nitrogens is 2. The van der Waals surface area contributed by atoms with Crippen LogP contribution in [0.25, 0.3) is 0 Å². The molecule has 2 aliphatic heterocycles. The van der Waals surface area contributed by atoms with Crippen LogP contribution in [0.4, 0.5) is 10.2 Å². The number of nitrogens with one attached hydrogen (secondary N) is 1. The van der Waals surface area contributed by atoms with Crippen LogP contribution in [0.15, 0.2) is 47.5 Å². The molecule has 0 radical (unpaired) electrons. The second-order valence-corrected chi connectivity index (χ2v) is 9.97. The summed E-state index contributed by atoms with van der Waals surface area (Å²) in [7, 11) is 0. The molecule has 1 amide bonds. The molecule has 190 valence electrons. The molecular weight excluding hydrogens is 449 g/mol. The molecule has 0 spiro atoms. The Morgan fingerprint density at radius 1 is 1.26 bits per heavy atom. The Hall–Kier alpha value is -2.78. The van der Waals surface area contributed by atoms with E-state index in [0.29, 0.717) is 64.2 Å². The fourth-order valence-corrected chi connectivity index (χ4v) is 4.91. The third kappa shape index (κ3) is 6.89. The highest BCUT2D eigenvalue weighted by Gasteiger charge is 2.35. The number of hydrogen-bond acceptors (Lipinski definition) is 6. The Labute approximate surface area is 205 Å². The maximum Gasteiger partial charge on any atom is 0.255 e. The summed E-state index contributed by atoms with van der Waals surface area (Å²) in [5.74, 6) is 0.702. The van der Waals surface area contributed by atoms with Crippen molar-refractivity contribution in [3.8, 4) is 0 Å². The topological polar surface area (TPSA) is 90.7 Å². The number of aliphatic hydroxyl groups is 1. The molecule has 1 aromatic heterocycles. The molecule has 0 bridgehead atoms. The predicted octanol–water partition coefficient (Wildman–Crippen LogP) is 2.25. The quantitative estimate of drug-likeness (QED) is 0.566. The van der Waals surface area contributed by atoms with Crippen LogP contribution in [0.1, 0.15) is 44.1 Å². The largest absolute Gasteiger partial charge is 0.388 e. The molecule has 2 aromatic rings. The van der Waals surface area contributed by atoms with Gasteiger partial charge in [-0.05, 0) is 30.7 Å². The van der Waals surface area contributed by atoms with Crippen LogP contribution in [0.3, 0.4) is 0 Å². The molecule has 1 aromatic carbocycles. The fraction of sp³-hybridized carbons (Fsp3) is 0.577. The van der Waals surface area contributed by atoms with E-state index in [2.05, 4.69) is 17.2 Å². The van der Waals surface area contributed by atoms with Gasteiger partial charge < -0.3 is 15.3 Å². The number of benzene rings is 1. The van der Waals surface area contributed by atoms with Crippen LogP contribution in [0.2, 0.25) is 0 Å². The molecule has 4 rings (SSSR count). The summed E-state index contributed by atoms with van der Waals surface area (Å²) >= 11 is 0. The summed E-state index contributed by atoms with van der Waals surface area (Å²) < 4.78 is 14.7. The first-order valence-corrected chi connectivity index (χ1v) is 12.5. The second-order valence-electron chi connectivity index (χ2n) is 9.97. The number of likely N-dealkylation sites (tertiary alicyclic amines) is 2. The highest BCUT2D eigenvalue weighted by Crippen LogP contribution is 2.26. The highest BCUT2D eigenvalue weighted by atomic mass is 19.1. The fourth-order valence-electron chi connectivity index (χ4n) is 4.91. The van der Waals surface area contributed by atoms with Gasteiger partial charge in [-0.1, -0.05) is 37.3 Å². The summed E-state index contributed by atoms with van der Waals surface area (Å²) in [6, 6.07) is 11.4. The van der Waals surface area contributed by atoms with Crippen LogP contribution >= 0.6 is 0 Å². The van der Waals surface area contributed by atoms with Gasteiger partial charge in [-0.25, -0.2) is 9.37 Å². The molecule has 35 heavy (non-hydrogen) atoms. The molecule has 0 aliphatic carbocycles. The zero-order chi connectivity index (χ0) is 24.8. The minimum Gasteiger partial charge on any atom is -0.388 e. The maximum atomic E-state index is 13.3. The van der Waals surface area contributed by atoms with Crippen molar-refractivity contribution in [2.45, 2.75) is 56.8 Å². The Morgan fingerprint density at radius 2 is 2.00 bits per heavy atom. The molecule has 3 heterocycles. The van der Waals surface area contributed by atoms with Crippen LogP contribution in [0, 0.1) is 0 Å². The minimum absolute atomic E-state index is 0.0913. The number of anilines is 1. The van der Waals surface area contributed by atoms with Gasteiger partial charge in [-0.3, -0.25) is 19.1 Å². The maximum absolute atomic E-state index is 13.3. The number of carbonyl (C=O) groups excluding carboxylic acids is 1. The predicted molar refractivity (Wildman–Crippen MR) is 133 cm³/mol. The lowest BCUT2D eigenvalue weighted by atomic mass is 9.90. The van der Waals surface area contributed by atoms with Crippen molar-refractivity contribution in [2.24, 2.45) is 0 Å². The third-order valence-corrected chi connectivity index (χ3v) is 7.19. The van der Waals surface area contributed by atoms with Gasteiger partial charge in [-0.15, -0.1) is 0 Å². The summed E-state index contributed by atoms with van der Waals surface area (Å²) in [6.07, 6.45) is 2.55. The molecule has 0 unspecified atom stereocenters. The Balaban J connectivity index is 1.24. The van der Waals surface area contributed by atoms with Crippen molar-refractivity contribution in [1.29, 1.82) is 0 Å². The lowest BCUT2D eigenvalue weighted by Crippen LogP contribution is -2.49. The molecular formula is C26H36FN5O3. The molecule has 8 nitrogen and oxygen atoms in total. The van der Waals surface area contributed by atoms with Gasteiger partial charge in [0.05, 0.1) is 18.5 Å². The number of carbonyl (C=O) groups is 1. The number of hydrogen-bond donors (Lipinski definition) is 2. The average molecular weight is 486 g/mol. The van der Waals surface area contributed by atoms with E-state index >= 15 is 0 Å². The zero-order valence-electron chi connectivity index (χ0n) is 20.4. The lowest BCUT2D eigenvalue weighted by Gasteiger charge is -2.38. The molecule has 0 saturated carbocycles. The summed E-state index contributed by atoms with van der Waals surface area (Å²) in [5, 5.41) is 14.2. The van der Waals surface area contributed by atoms with Gasteiger partial charge in [0.15, 0.2) is 0 Å². The number of piperidine rings is 1. The van der Waals surface area contributed by atoms with Gasteiger partial charge >= 0.3 is 0 Å². The van der Waals surface area contributed by atoms with E-state index in [1.165, 1.54) is 17.0 Å². The minimum atomic E-state index is -1.05. The van der Waals surface area contributed by atoms with E-state index in [9.17, 15) is 19.1 Å². The van der Waals surface area contributed by atoms with Crippen LogP contribution in [-0.2, 0) is 11.3 Å². The standard InChI is InChI=1S/C26H36FN5O3/c1-20(21-5-3-2-4-6-21)15-24(33)31-12-8-26(35,9-13-31)18-32-19-29-23(16-25(32)34)28-10-14-30-11-7-22(27)17-30/h2-6,16,19-20,22,28,35H,7-15,17-18H2,1H3/t20-,22-/m1/s1. The summed E-state index contributed by atoms with van der Waals surface area (Å²) in [5.41, 5.74) is -0.152. The molecule has 2 fully saturated rings. The van der Waals surface area contributed by atoms with Gasteiger partial charge in [0.2, 0.25) is 5.91 Å². The van der Waals surface area contributed by atoms with Crippen LogP contribution in [-0.4, -0.2) is 81.4 Å². The van der Waals surface area contributed by atoms with Gasteiger partial charge in [0.25, 0.3) is 5.56 Å². The smallest absolute Gasteiger partial charge is 0.255 e. The first-order chi connectivity index (χ1) is 16.8. The normalized spacial score (nSPS) is 21.1. The van der Waals surface area contributed by atoms with Crippen LogP contribution < -0.4 is 10.9 Å². The first kappa shape index (κ1) is 25.3. The van der Waals surface area contributed by atoms with Crippen molar-refractivity contribution >= 4 is 11.7 Å².